The highest BCUT2D eigenvalue weighted by molar-refractivity contribution is 5.92. The fourth-order valence-electron chi connectivity index (χ4n) is 1.06. The minimum absolute atomic E-state index is 0.0806. The average molecular weight is 191 g/mol. The lowest BCUT2D eigenvalue weighted by molar-refractivity contribution is -0.116. The molecule has 0 spiro atoms. The number of amides is 1. The zero-order valence-corrected chi connectivity index (χ0v) is 8.56. The van der Waals surface area contributed by atoms with E-state index in [1.165, 1.54) is 11.8 Å². The number of nitrogens with zero attached hydrogens (tertiary/aromatic N) is 3. The van der Waals surface area contributed by atoms with Crippen molar-refractivity contribution in [2.75, 3.05) is 4.90 Å². The first-order valence-corrected chi connectivity index (χ1v) is 4.36. The average Bonchev–Trinajstić information content (AvgIpc) is 2.13. The van der Waals surface area contributed by atoms with Crippen LogP contribution in [0.4, 0.5) is 5.82 Å². The van der Waals surface area contributed by atoms with Gasteiger partial charge in [-0.25, -0.2) is 4.98 Å². The number of anilines is 1. The van der Waals surface area contributed by atoms with Crippen LogP contribution < -0.4 is 4.90 Å². The van der Waals surface area contributed by atoms with Crippen LogP contribution in [0, 0.1) is 6.92 Å². The Labute approximate surface area is 83.3 Å². The Hall–Kier alpha value is -1.71. The Morgan fingerprint density at radius 2 is 2.21 bits per heavy atom. The van der Waals surface area contributed by atoms with Crippen molar-refractivity contribution in [3.8, 4) is 0 Å². The van der Waals surface area contributed by atoms with Crippen LogP contribution in [0.3, 0.4) is 0 Å². The second-order valence-electron chi connectivity index (χ2n) is 2.89. The molecule has 1 aromatic rings. The molecule has 4 nitrogen and oxygen atoms in total. The number of carbonyl (C=O) groups is 1. The van der Waals surface area contributed by atoms with Gasteiger partial charge in [-0.3, -0.25) is 14.7 Å². The number of allylic oxidation sites excluding steroid dienone is 1. The standard InChI is InChI=1S/C10H13N3O/c1-4-5-13(9(3)14)10-7-11-6-8(2)12-10/h4-7H,1-3H3/b5-4-. The summed E-state index contributed by atoms with van der Waals surface area (Å²) >= 11 is 0. The molecule has 74 valence electrons. The van der Waals surface area contributed by atoms with Gasteiger partial charge in [0.25, 0.3) is 0 Å². The lowest BCUT2D eigenvalue weighted by Gasteiger charge is -2.14. The van der Waals surface area contributed by atoms with E-state index in [0.717, 1.165) is 5.69 Å². The minimum atomic E-state index is -0.0806. The maximum absolute atomic E-state index is 11.3. The Bertz CT molecular complexity index is 360. The van der Waals surface area contributed by atoms with Gasteiger partial charge in [-0.1, -0.05) is 6.08 Å². The lowest BCUT2D eigenvalue weighted by atomic mass is 10.4. The molecule has 0 atom stereocenters. The monoisotopic (exact) mass is 191 g/mol. The van der Waals surface area contributed by atoms with Gasteiger partial charge in [0.2, 0.25) is 5.91 Å². The van der Waals surface area contributed by atoms with E-state index < -0.39 is 0 Å². The molecule has 0 aliphatic rings. The first kappa shape index (κ1) is 10.4. The zero-order valence-electron chi connectivity index (χ0n) is 8.56. The summed E-state index contributed by atoms with van der Waals surface area (Å²) in [4.78, 5) is 20.9. The van der Waals surface area contributed by atoms with Gasteiger partial charge < -0.3 is 0 Å². The second kappa shape index (κ2) is 4.50. The zero-order chi connectivity index (χ0) is 10.6. The first-order valence-electron chi connectivity index (χ1n) is 4.36. The van der Waals surface area contributed by atoms with Gasteiger partial charge in [0.1, 0.15) is 0 Å². The van der Waals surface area contributed by atoms with Crippen LogP contribution in [0.2, 0.25) is 0 Å². The first-order chi connectivity index (χ1) is 6.65. The van der Waals surface area contributed by atoms with Gasteiger partial charge in [-0.15, -0.1) is 0 Å². The van der Waals surface area contributed by atoms with Crippen molar-refractivity contribution >= 4 is 11.7 Å². The van der Waals surface area contributed by atoms with E-state index >= 15 is 0 Å². The van der Waals surface area contributed by atoms with Crippen molar-refractivity contribution in [2.45, 2.75) is 20.8 Å². The minimum Gasteiger partial charge on any atom is -0.274 e. The highest BCUT2D eigenvalue weighted by Gasteiger charge is 2.09. The summed E-state index contributed by atoms with van der Waals surface area (Å²) in [5, 5.41) is 0. The van der Waals surface area contributed by atoms with Crippen molar-refractivity contribution in [2.24, 2.45) is 0 Å². The number of hydrogen-bond acceptors (Lipinski definition) is 3. The van der Waals surface area contributed by atoms with Gasteiger partial charge in [-0.05, 0) is 13.8 Å². The van der Waals surface area contributed by atoms with Crippen molar-refractivity contribution in [1.29, 1.82) is 0 Å². The molecule has 0 saturated carbocycles. The number of hydrogen-bond donors (Lipinski definition) is 0. The molecule has 0 unspecified atom stereocenters. The molecule has 0 radical (unpaired) electrons. The maximum atomic E-state index is 11.3. The maximum Gasteiger partial charge on any atom is 0.229 e. The van der Waals surface area contributed by atoms with Crippen LogP contribution in [0.5, 0.6) is 0 Å². The van der Waals surface area contributed by atoms with Crippen molar-refractivity contribution < 1.29 is 4.79 Å². The molecule has 1 aromatic heterocycles. The van der Waals surface area contributed by atoms with Crippen LogP contribution in [-0.2, 0) is 4.79 Å². The smallest absolute Gasteiger partial charge is 0.229 e. The second-order valence-corrected chi connectivity index (χ2v) is 2.89. The summed E-state index contributed by atoms with van der Waals surface area (Å²) in [5.74, 6) is 0.471. The van der Waals surface area contributed by atoms with Gasteiger partial charge in [-0.2, -0.15) is 0 Å². The molecule has 0 bridgehead atoms. The molecular weight excluding hydrogens is 178 g/mol. The van der Waals surface area contributed by atoms with Crippen LogP contribution in [0.15, 0.2) is 24.7 Å². The van der Waals surface area contributed by atoms with Crippen LogP contribution in [0.25, 0.3) is 0 Å². The fraction of sp³-hybridized carbons (Fsp3) is 0.300. The number of carbonyl (C=O) groups excluding carboxylic acids is 1. The molecule has 0 N–H and O–H groups in total. The topological polar surface area (TPSA) is 46.1 Å². The van der Waals surface area contributed by atoms with E-state index in [9.17, 15) is 4.79 Å². The van der Waals surface area contributed by atoms with E-state index in [1.54, 1.807) is 24.7 Å². The van der Waals surface area contributed by atoms with Crippen LogP contribution in [-0.4, -0.2) is 15.9 Å². The highest BCUT2D eigenvalue weighted by Crippen LogP contribution is 2.10. The van der Waals surface area contributed by atoms with E-state index in [4.69, 9.17) is 0 Å². The summed E-state index contributed by atoms with van der Waals surface area (Å²) in [6.45, 7) is 5.17. The van der Waals surface area contributed by atoms with Crippen LogP contribution in [0.1, 0.15) is 19.5 Å². The van der Waals surface area contributed by atoms with E-state index in [-0.39, 0.29) is 5.91 Å². The van der Waals surface area contributed by atoms with Crippen molar-refractivity contribution in [3.63, 3.8) is 0 Å². The summed E-state index contributed by atoms with van der Waals surface area (Å²) in [6, 6.07) is 0. The third kappa shape index (κ3) is 2.39. The largest absolute Gasteiger partial charge is 0.274 e. The molecule has 0 aliphatic carbocycles. The van der Waals surface area contributed by atoms with E-state index in [1.807, 2.05) is 13.8 Å². The molecule has 0 aliphatic heterocycles. The Kier molecular flexibility index (Phi) is 3.34. The summed E-state index contributed by atoms with van der Waals surface area (Å²) in [5.41, 5.74) is 0.790. The van der Waals surface area contributed by atoms with E-state index in [0.29, 0.717) is 5.82 Å². The van der Waals surface area contributed by atoms with E-state index in [2.05, 4.69) is 9.97 Å². The quantitative estimate of drug-likeness (QED) is 0.714. The predicted molar refractivity (Wildman–Crippen MR) is 54.7 cm³/mol. The molecule has 1 heterocycles. The molecule has 1 amide bonds. The summed E-state index contributed by atoms with van der Waals surface area (Å²) < 4.78 is 0. The molecular formula is C10H13N3O. The Morgan fingerprint density at radius 1 is 1.50 bits per heavy atom. The van der Waals surface area contributed by atoms with Gasteiger partial charge >= 0.3 is 0 Å². The Morgan fingerprint density at radius 3 is 2.71 bits per heavy atom. The highest BCUT2D eigenvalue weighted by atomic mass is 16.2. The number of rotatable bonds is 2. The van der Waals surface area contributed by atoms with Gasteiger partial charge in [0.15, 0.2) is 5.82 Å². The molecule has 0 aromatic carbocycles. The number of aryl methyl sites for hydroxylation is 1. The van der Waals surface area contributed by atoms with Crippen LogP contribution >= 0.6 is 0 Å². The Balaban J connectivity index is 3.05. The SMILES string of the molecule is C/C=C\N(C(C)=O)c1cncc(C)n1. The molecule has 0 fully saturated rings. The molecule has 1 rings (SSSR count). The molecule has 4 heteroatoms. The third-order valence-corrected chi connectivity index (χ3v) is 1.63. The fourth-order valence-corrected chi connectivity index (χ4v) is 1.06. The van der Waals surface area contributed by atoms with Gasteiger partial charge in [0, 0.05) is 19.3 Å². The predicted octanol–water partition coefficient (Wildman–Crippen LogP) is 1.67. The molecule has 0 saturated heterocycles. The number of aromatic nitrogens is 2. The molecule has 14 heavy (non-hydrogen) atoms. The normalized spacial score (nSPS) is 10.5. The summed E-state index contributed by atoms with van der Waals surface area (Å²) in [7, 11) is 0. The third-order valence-electron chi connectivity index (χ3n) is 1.63. The van der Waals surface area contributed by atoms with Gasteiger partial charge in [0.05, 0.1) is 11.9 Å². The van der Waals surface area contributed by atoms with Crippen molar-refractivity contribution in [3.05, 3.63) is 30.4 Å². The van der Waals surface area contributed by atoms with Crippen molar-refractivity contribution in [1.82, 2.24) is 9.97 Å². The lowest BCUT2D eigenvalue weighted by Crippen LogP contribution is -2.23. The summed E-state index contributed by atoms with van der Waals surface area (Å²) in [6.07, 6.45) is 6.67.